The lowest BCUT2D eigenvalue weighted by molar-refractivity contribution is -0.128. The second-order valence-electron chi connectivity index (χ2n) is 7.51. The van der Waals surface area contributed by atoms with Crippen molar-refractivity contribution in [3.8, 4) is 5.75 Å². The fourth-order valence-electron chi connectivity index (χ4n) is 4.20. The van der Waals surface area contributed by atoms with Crippen molar-refractivity contribution >= 4 is 39.4 Å². The molecule has 1 fully saturated rings. The van der Waals surface area contributed by atoms with Gasteiger partial charge in [-0.25, -0.2) is 0 Å². The van der Waals surface area contributed by atoms with Crippen molar-refractivity contribution < 1.29 is 22.7 Å². The molecule has 2 aromatic heterocycles. The summed E-state index contributed by atoms with van der Waals surface area (Å²) in [6.45, 7) is -1.97. The Morgan fingerprint density at radius 3 is 2.77 bits per heavy atom. The van der Waals surface area contributed by atoms with Crippen LogP contribution in [0, 0.1) is 0 Å². The van der Waals surface area contributed by atoms with Crippen LogP contribution in [0.25, 0.3) is 21.9 Å². The molecule has 0 aliphatic carbocycles. The average Bonchev–Trinajstić information content (AvgIpc) is 3.31. The van der Waals surface area contributed by atoms with Gasteiger partial charge in [0.05, 0.1) is 0 Å². The molecule has 3 heterocycles. The number of nitrogens with zero attached hydrogens (tertiary/aromatic N) is 2. The van der Waals surface area contributed by atoms with Crippen LogP contribution in [-0.2, 0) is 11.3 Å². The van der Waals surface area contributed by atoms with E-state index >= 15 is 0 Å². The molecule has 1 amide bonds. The Balaban J connectivity index is 1.52. The summed E-state index contributed by atoms with van der Waals surface area (Å²) in [6.07, 6.45) is 3.54. The highest BCUT2D eigenvalue weighted by Gasteiger charge is 2.33. The smallest absolute Gasteiger partial charge is 0.387 e. The van der Waals surface area contributed by atoms with E-state index in [1.54, 1.807) is 41.6 Å². The highest BCUT2D eigenvalue weighted by molar-refractivity contribution is 6.30. The first-order chi connectivity index (χ1) is 15.0. The third kappa shape index (κ3) is 3.70. The maximum Gasteiger partial charge on any atom is 0.387 e. The van der Waals surface area contributed by atoms with Crippen molar-refractivity contribution in [2.24, 2.45) is 0 Å². The van der Waals surface area contributed by atoms with E-state index in [0.717, 1.165) is 11.1 Å². The predicted octanol–water partition coefficient (Wildman–Crippen LogP) is 5.75. The minimum Gasteiger partial charge on any atom is -0.452 e. The van der Waals surface area contributed by atoms with Crippen LogP contribution < -0.4 is 4.74 Å². The third-order valence-electron chi connectivity index (χ3n) is 5.57. The van der Waals surface area contributed by atoms with E-state index in [1.165, 1.54) is 6.07 Å². The summed E-state index contributed by atoms with van der Waals surface area (Å²) in [4.78, 5) is 18.7. The fraction of sp³-hybridized carbons (Fsp3) is 0.217. The zero-order chi connectivity index (χ0) is 21.5. The molecule has 31 heavy (non-hydrogen) atoms. The average molecular weight is 443 g/mol. The molecule has 1 saturated heterocycles. The van der Waals surface area contributed by atoms with Gasteiger partial charge in [0.2, 0.25) is 5.91 Å². The van der Waals surface area contributed by atoms with Crippen molar-refractivity contribution in [2.75, 3.05) is 6.54 Å². The molecule has 5 rings (SSSR count). The minimum atomic E-state index is -2.97. The number of furan rings is 1. The van der Waals surface area contributed by atoms with E-state index in [1.807, 2.05) is 12.1 Å². The first kappa shape index (κ1) is 19.8. The number of rotatable bonds is 5. The summed E-state index contributed by atoms with van der Waals surface area (Å²) < 4.78 is 36.3. The van der Waals surface area contributed by atoms with Crippen molar-refractivity contribution in [2.45, 2.75) is 25.5 Å². The Morgan fingerprint density at radius 1 is 1.19 bits per heavy atom. The van der Waals surface area contributed by atoms with E-state index in [0.29, 0.717) is 40.9 Å². The Morgan fingerprint density at radius 2 is 2.00 bits per heavy atom. The Kier molecular flexibility index (Phi) is 4.98. The Labute approximate surface area is 181 Å². The number of hydrogen-bond acceptors (Lipinski definition) is 4. The standard InChI is InChI=1S/C23H17ClF2N2O3/c24-15-3-1-13(2-4-15)11-28-12-14(9-20(28)29)16-5-6-19(31-23(25)26)22-21(16)17-10-27-8-7-18(17)30-22/h1-8,10,14,23H,9,11-12H2. The maximum atomic E-state index is 12.9. The third-order valence-corrected chi connectivity index (χ3v) is 5.83. The van der Waals surface area contributed by atoms with Gasteiger partial charge in [0.25, 0.3) is 0 Å². The lowest BCUT2D eigenvalue weighted by atomic mass is 9.93. The van der Waals surface area contributed by atoms with Crippen molar-refractivity contribution in [3.63, 3.8) is 0 Å². The van der Waals surface area contributed by atoms with Gasteiger partial charge < -0.3 is 14.1 Å². The Hall–Kier alpha value is -3.19. The van der Waals surface area contributed by atoms with E-state index in [2.05, 4.69) is 9.72 Å². The Bertz CT molecular complexity index is 1270. The van der Waals surface area contributed by atoms with E-state index in [4.69, 9.17) is 16.0 Å². The summed E-state index contributed by atoms with van der Waals surface area (Å²) in [7, 11) is 0. The van der Waals surface area contributed by atoms with Crippen LogP contribution in [-0.4, -0.2) is 28.9 Å². The molecule has 2 aromatic carbocycles. The molecule has 1 aliphatic heterocycles. The van der Waals surface area contributed by atoms with Crippen molar-refractivity contribution in [3.05, 3.63) is 71.0 Å². The molecule has 158 valence electrons. The van der Waals surface area contributed by atoms with Crippen LogP contribution in [0.2, 0.25) is 5.02 Å². The van der Waals surface area contributed by atoms with Gasteiger partial charge in [-0.15, -0.1) is 0 Å². The summed E-state index contributed by atoms with van der Waals surface area (Å²) in [6, 6.07) is 12.3. The van der Waals surface area contributed by atoms with Crippen LogP contribution in [0.3, 0.4) is 0 Å². The van der Waals surface area contributed by atoms with Gasteiger partial charge in [0, 0.05) is 53.6 Å². The number of aromatic nitrogens is 1. The largest absolute Gasteiger partial charge is 0.452 e. The molecular weight excluding hydrogens is 426 g/mol. The zero-order valence-electron chi connectivity index (χ0n) is 16.2. The molecule has 1 aliphatic rings. The number of carbonyl (C=O) groups excluding carboxylic acids is 1. The lowest BCUT2D eigenvalue weighted by Crippen LogP contribution is -2.24. The van der Waals surface area contributed by atoms with Crippen molar-refractivity contribution in [1.29, 1.82) is 0 Å². The van der Waals surface area contributed by atoms with Crippen LogP contribution in [0.4, 0.5) is 8.78 Å². The second kappa shape index (κ2) is 7.81. The monoisotopic (exact) mass is 442 g/mol. The second-order valence-corrected chi connectivity index (χ2v) is 7.95. The van der Waals surface area contributed by atoms with Crippen LogP contribution in [0.5, 0.6) is 5.75 Å². The summed E-state index contributed by atoms with van der Waals surface area (Å²) >= 11 is 5.95. The summed E-state index contributed by atoms with van der Waals surface area (Å²) in [5, 5.41) is 2.01. The molecule has 5 nitrogen and oxygen atoms in total. The minimum absolute atomic E-state index is 0.0342. The topological polar surface area (TPSA) is 55.6 Å². The SMILES string of the molecule is O=C1CC(c2ccc(OC(F)F)c3oc4ccncc4c23)CN1Cc1ccc(Cl)cc1. The van der Waals surface area contributed by atoms with Crippen molar-refractivity contribution in [1.82, 2.24) is 9.88 Å². The zero-order valence-corrected chi connectivity index (χ0v) is 17.0. The molecule has 0 radical (unpaired) electrons. The number of alkyl halides is 2. The van der Waals surface area contributed by atoms with Crippen LogP contribution in [0.1, 0.15) is 23.5 Å². The van der Waals surface area contributed by atoms with Gasteiger partial charge in [-0.05, 0) is 35.4 Å². The molecule has 0 N–H and O–H groups in total. The summed E-state index contributed by atoms with van der Waals surface area (Å²) in [5.41, 5.74) is 2.61. The lowest BCUT2D eigenvalue weighted by Gasteiger charge is -2.17. The first-order valence-corrected chi connectivity index (χ1v) is 10.1. The van der Waals surface area contributed by atoms with E-state index < -0.39 is 6.61 Å². The molecule has 0 spiro atoms. The number of carbonyl (C=O) groups is 1. The van der Waals surface area contributed by atoms with Gasteiger partial charge >= 0.3 is 6.61 Å². The number of pyridine rings is 1. The molecule has 1 unspecified atom stereocenters. The van der Waals surface area contributed by atoms with Gasteiger partial charge in [-0.1, -0.05) is 29.8 Å². The number of likely N-dealkylation sites (tertiary alicyclic amines) is 1. The molecule has 0 bridgehead atoms. The predicted molar refractivity (Wildman–Crippen MR) is 112 cm³/mol. The maximum absolute atomic E-state index is 12.9. The summed E-state index contributed by atoms with van der Waals surface area (Å²) in [5.74, 6) is -0.108. The number of halogens is 3. The normalized spacial score (nSPS) is 16.7. The van der Waals surface area contributed by atoms with Gasteiger partial charge in [0.1, 0.15) is 5.58 Å². The van der Waals surface area contributed by atoms with E-state index in [-0.39, 0.29) is 23.2 Å². The highest BCUT2D eigenvalue weighted by atomic mass is 35.5. The number of ether oxygens (including phenoxy) is 1. The molecule has 0 saturated carbocycles. The molecule has 8 heteroatoms. The van der Waals surface area contributed by atoms with Gasteiger partial charge in [-0.2, -0.15) is 8.78 Å². The van der Waals surface area contributed by atoms with Crippen LogP contribution in [0.15, 0.2) is 59.3 Å². The number of amides is 1. The molecular formula is C23H17ClF2N2O3. The quantitative estimate of drug-likeness (QED) is 0.395. The molecule has 1 atom stereocenters. The molecule has 4 aromatic rings. The number of hydrogen-bond donors (Lipinski definition) is 0. The highest BCUT2D eigenvalue weighted by Crippen LogP contribution is 2.42. The van der Waals surface area contributed by atoms with E-state index in [9.17, 15) is 13.6 Å². The van der Waals surface area contributed by atoms with Crippen LogP contribution >= 0.6 is 11.6 Å². The number of fused-ring (bicyclic) bond motifs is 3. The number of benzene rings is 2. The first-order valence-electron chi connectivity index (χ1n) is 9.76. The van der Waals surface area contributed by atoms with Gasteiger partial charge in [0.15, 0.2) is 11.3 Å². The fourth-order valence-corrected chi connectivity index (χ4v) is 4.32. The van der Waals surface area contributed by atoms with Gasteiger partial charge in [-0.3, -0.25) is 9.78 Å².